The second-order valence-electron chi connectivity index (χ2n) is 10.4. The van der Waals surface area contributed by atoms with Gasteiger partial charge < -0.3 is 31.3 Å². The third kappa shape index (κ3) is 13.6. The minimum atomic E-state index is -2.77. The average Bonchev–Trinajstić information content (AvgIpc) is 2.85. The van der Waals surface area contributed by atoms with E-state index in [4.69, 9.17) is 43.5 Å². The smallest absolute Gasteiger partial charge is 0.487 e. The van der Waals surface area contributed by atoms with Crippen molar-refractivity contribution in [2.75, 3.05) is 32.2 Å². The van der Waals surface area contributed by atoms with E-state index < -0.39 is 17.6 Å². The number of hydrogen-bond acceptors (Lipinski definition) is 9. The number of thiol groups is 1. The highest BCUT2D eigenvalue weighted by atomic mass is 32.1. The van der Waals surface area contributed by atoms with Crippen LogP contribution in [0.3, 0.4) is 0 Å². The third-order valence-electron chi connectivity index (χ3n) is 6.70. The van der Waals surface area contributed by atoms with E-state index in [0.717, 1.165) is 67.8 Å². The van der Waals surface area contributed by atoms with Crippen molar-refractivity contribution in [1.82, 2.24) is 0 Å². The fraction of sp³-hybridized carbons (Fsp3) is 0.962. The van der Waals surface area contributed by atoms with Gasteiger partial charge in [-0.3, -0.25) is 0 Å². The van der Waals surface area contributed by atoms with Crippen LogP contribution in [-0.4, -0.2) is 73.2 Å². The summed E-state index contributed by atoms with van der Waals surface area (Å²) in [4.78, 5) is 0. The third-order valence-corrected chi connectivity index (χ3v) is 13.5. The summed E-state index contributed by atoms with van der Waals surface area (Å²) in [7, 11) is -5.45. The van der Waals surface area contributed by atoms with Crippen molar-refractivity contribution in [2.45, 2.75) is 129 Å². The Kier molecular flexibility index (Phi) is 17.0. The van der Waals surface area contributed by atoms with Gasteiger partial charge in [-0.05, 0) is 77.3 Å². The average molecular weight is 597 g/mol. The topological polar surface area (TPSA) is 64.6 Å². The van der Waals surface area contributed by atoms with Gasteiger partial charge in [0.1, 0.15) is 0 Å². The maximum atomic E-state index is 6.45. The van der Waals surface area contributed by atoms with Gasteiger partial charge in [0.2, 0.25) is 0 Å². The van der Waals surface area contributed by atoms with Gasteiger partial charge in [-0.2, -0.15) is 12.6 Å². The van der Waals surface area contributed by atoms with Crippen molar-refractivity contribution in [3.05, 3.63) is 0 Å². The number of unbranched alkanes of at least 4 members (excludes halogenated alkanes) is 4. The van der Waals surface area contributed by atoms with E-state index in [1.165, 1.54) is 25.7 Å². The Balaban J connectivity index is 1.76. The van der Waals surface area contributed by atoms with Gasteiger partial charge in [0.25, 0.3) is 0 Å². The van der Waals surface area contributed by atoms with E-state index in [-0.39, 0.29) is 18.3 Å². The molecule has 2 heterocycles. The van der Waals surface area contributed by atoms with E-state index in [0.29, 0.717) is 26.4 Å². The number of hydrogen-bond donors (Lipinski definition) is 1. The van der Waals surface area contributed by atoms with Crippen LogP contribution in [0.4, 0.5) is 0 Å². The zero-order valence-corrected chi connectivity index (χ0v) is 27.4. The van der Waals surface area contributed by atoms with Crippen LogP contribution in [0.15, 0.2) is 0 Å². The Labute approximate surface area is 239 Å². The van der Waals surface area contributed by atoms with Crippen molar-refractivity contribution in [1.29, 1.82) is 0 Å². The zero-order chi connectivity index (χ0) is 27.0. The number of thiocarbonyl (C=S) groups is 1. The summed E-state index contributed by atoms with van der Waals surface area (Å²) in [5.41, 5.74) is 0. The highest BCUT2D eigenvalue weighted by molar-refractivity contribution is 7.80. The summed E-state index contributed by atoms with van der Waals surface area (Å²) in [5, 5.41) is 0.718. The molecule has 0 amide bonds. The number of ether oxygens (including phenoxy) is 1. The van der Waals surface area contributed by atoms with Gasteiger partial charge >= 0.3 is 17.6 Å². The molecule has 37 heavy (non-hydrogen) atoms. The summed E-state index contributed by atoms with van der Waals surface area (Å²) < 4.78 is 43.6. The molecule has 2 fully saturated rings. The van der Waals surface area contributed by atoms with Crippen LogP contribution in [-0.2, 0) is 31.3 Å². The second kappa shape index (κ2) is 18.7. The van der Waals surface area contributed by atoms with Crippen LogP contribution < -0.4 is 0 Å². The van der Waals surface area contributed by atoms with E-state index in [9.17, 15) is 0 Å². The van der Waals surface area contributed by atoms with Gasteiger partial charge in [0, 0.05) is 56.6 Å². The lowest BCUT2D eigenvalue weighted by molar-refractivity contribution is -0.0391. The Morgan fingerprint density at radius 3 is 2.24 bits per heavy atom. The quantitative estimate of drug-likeness (QED) is 0.0761. The molecule has 0 aromatic heterocycles. The van der Waals surface area contributed by atoms with Gasteiger partial charge in [-0.15, -0.1) is 0 Å². The van der Waals surface area contributed by atoms with Gasteiger partial charge in [-0.25, -0.2) is 0 Å². The minimum absolute atomic E-state index is 0.0398. The highest BCUT2D eigenvalue weighted by Crippen LogP contribution is 2.29. The summed E-state index contributed by atoms with van der Waals surface area (Å²) in [6.07, 6.45) is 11.5. The molecule has 7 nitrogen and oxygen atoms in total. The maximum absolute atomic E-state index is 6.45. The lowest BCUT2D eigenvalue weighted by atomic mass is 10.1. The van der Waals surface area contributed by atoms with Crippen molar-refractivity contribution in [3.8, 4) is 0 Å². The molecule has 0 N–H and O–H groups in total. The summed E-state index contributed by atoms with van der Waals surface area (Å²) in [6, 6.07) is 1.53. The zero-order valence-electron chi connectivity index (χ0n) is 23.7. The monoisotopic (exact) mass is 596 g/mol. The molecule has 0 saturated carbocycles. The van der Waals surface area contributed by atoms with E-state index in [1.807, 2.05) is 0 Å². The molecule has 0 aliphatic carbocycles. The van der Waals surface area contributed by atoms with E-state index in [2.05, 4.69) is 40.3 Å². The Morgan fingerprint density at radius 1 is 0.919 bits per heavy atom. The lowest BCUT2D eigenvalue weighted by Gasteiger charge is -2.39. The first-order chi connectivity index (χ1) is 17.8. The van der Waals surface area contributed by atoms with Crippen LogP contribution in [0, 0.1) is 0 Å². The fourth-order valence-corrected chi connectivity index (χ4v) is 11.1. The normalized spacial score (nSPS) is 29.2. The first-order valence-corrected chi connectivity index (χ1v) is 19.4. The standard InChI is InChI=1S/C26H52O7S2Si2/c1-5-6-7-8-9-12-26(35)27-16-10-21-36(28-17-13-23(2)31-36)29-18-14-24(3)32-37(22-11-20-34)30-19-15-25(4)33-37/h23-25,34H,5-22H2,1-4H3/t23?,24?,25?,36?,37-/m1/s1. The fourth-order valence-electron chi connectivity index (χ4n) is 4.55. The molecular weight excluding hydrogens is 545 g/mol. The molecule has 0 aromatic rings. The van der Waals surface area contributed by atoms with Gasteiger partial charge in [0.05, 0.1) is 6.61 Å². The van der Waals surface area contributed by atoms with Crippen LogP contribution in [0.25, 0.3) is 0 Å². The molecule has 2 rings (SSSR count). The van der Waals surface area contributed by atoms with E-state index >= 15 is 0 Å². The molecule has 2 aliphatic heterocycles. The Bertz CT molecular complexity index is 636. The first kappa shape index (κ1) is 33.6. The van der Waals surface area contributed by atoms with Crippen molar-refractivity contribution in [2.24, 2.45) is 0 Å². The summed E-state index contributed by atoms with van der Waals surface area (Å²) in [6.45, 7) is 11.0. The Hall–Kier alpha value is 0.434. The minimum Gasteiger partial charge on any atom is -0.487 e. The molecular formula is C26H52O7S2Si2. The molecule has 11 heteroatoms. The molecule has 0 bridgehead atoms. The molecule has 0 aromatic carbocycles. The highest BCUT2D eigenvalue weighted by Gasteiger charge is 2.47. The predicted octanol–water partition coefficient (Wildman–Crippen LogP) is 6.74. The molecule has 4 unspecified atom stereocenters. The molecule has 2 saturated heterocycles. The molecule has 0 spiro atoms. The molecule has 0 radical (unpaired) electrons. The van der Waals surface area contributed by atoms with Crippen LogP contribution in [0.5, 0.6) is 0 Å². The van der Waals surface area contributed by atoms with Gasteiger partial charge in [-0.1, -0.05) is 32.6 Å². The second-order valence-corrected chi connectivity index (χ2v) is 16.6. The van der Waals surface area contributed by atoms with Crippen LogP contribution >= 0.6 is 24.8 Å². The molecule has 2 aliphatic rings. The van der Waals surface area contributed by atoms with Crippen molar-refractivity contribution >= 4 is 47.5 Å². The number of rotatable bonds is 19. The van der Waals surface area contributed by atoms with Crippen molar-refractivity contribution in [3.63, 3.8) is 0 Å². The SMILES string of the molecule is CCCCCCCC(=S)OCCC[Si]1(OCCC(C)O[Si@@]2(CCCS)OCCC(C)O2)OCCC(C)O1. The summed E-state index contributed by atoms with van der Waals surface area (Å²) in [5.74, 6) is 0.797. The van der Waals surface area contributed by atoms with E-state index in [1.54, 1.807) is 0 Å². The van der Waals surface area contributed by atoms with Gasteiger partial charge in [0.15, 0.2) is 5.05 Å². The molecule has 218 valence electrons. The maximum Gasteiger partial charge on any atom is 0.501 e. The lowest BCUT2D eigenvalue weighted by Crippen LogP contribution is -2.54. The van der Waals surface area contributed by atoms with Crippen molar-refractivity contribution < 1.29 is 31.3 Å². The van der Waals surface area contributed by atoms with Crippen LogP contribution in [0.2, 0.25) is 12.1 Å². The summed E-state index contributed by atoms with van der Waals surface area (Å²) >= 11 is 9.79. The van der Waals surface area contributed by atoms with Crippen LogP contribution in [0.1, 0.15) is 98.3 Å². The largest absolute Gasteiger partial charge is 0.501 e. The predicted molar refractivity (Wildman–Crippen MR) is 159 cm³/mol. The Morgan fingerprint density at radius 2 is 1.57 bits per heavy atom. The first-order valence-electron chi connectivity index (χ1n) is 14.5. The molecule has 5 atom stereocenters.